The van der Waals surface area contributed by atoms with Crippen molar-refractivity contribution in [3.05, 3.63) is 71.8 Å². The molecule has 4 aromatic rings. The molecule has 0 aromatic carbocycles. The smallest absolute Gasteiger partial charge is 0.114 e. The quantitative estimate of drug-likeness (QED) is 0.402. The third-order valence-corrected chi connectivity index (χ3v) is 6.88. The molecule has 0 radical (unpaired) electrons. The first-order valence-electron chi connectivity index (χ1n) is 11.6. The number of nitrogens with zero attached hydrogens (tertiary/aromatic N) is 6. The Hall–Kier alpha value is -2.70. The Labute approximate surface area is 191 Å². The summed E-state index contributed by atoms with van der Waals surface area (Å²) in [5.41, 5.74) is 5.00. The molecular weight excluding hydrogens is 396 g/mol. The van der Waals surface area contributed by atoms with E-state index in [9.17, 15) is 0 Å². The Bertz CT molecular complexity index is 1190. The summed E-state index contributed by atoms with van der Waals surface area (Å²) in [5, 5.41) is 0. The SMILES string of the molecule is Cc1cccn2c(CC(C)N(C)CCc3ccn4c(CC(C)N(C)C)ncc4c3)ncc12. The Balaban J connectivity index is 1.37. The highest BCUT2D eigenvalue weighted by atomic mass is 15.1. The monoisotopic (exact) mass is 432 g/mol. The van der Waals surface area contributed by atoms with Crippen molar-refractivity contribution in [1.82, 2.24) is 28.6 Å². The number of imidazole rings is 2. The molecule has 4 heterocycles. The molecular formula is C26H36N6. The molecule has 0 aliphatic carbocycles. The first-order chi connectivity index (χ1) is 15.3. The lowest BCUT2D eigenvalue weighted by Crippen LogP contribution is -2.33. The molecule has 0 amide bonds. The molecule has 0 saturated heterocycles. The first kappa shape index (κ1) is 22.5. The Morgan fingerprint density at radius 1 is 0.906 bits per heavy atom. The maximum atomic E-state index is 4.69. The Kier molecular flexibility index (Phi) is 6.63. The van der Waals surface area contributed by atoms with Crippen LogP contribution in [0, 0.1) is 6.92 Å². The summed E-state index contributed by atoms with van der Waals surface area (Å²) < 4.78 is 4.45. The van der Waals surface area contributed by atoms with Crippen LogP contribution >= 0.6 is 0 Å². The summed E-state index contributed by atoms with van der Waals surface area (Å²) in [6, 6.07) is 9.63. The van der Waals surface area contributed by atoms with Gasteiger partial charge in [0, 0.05) is 43.9 Å². The van der Waals surface area contributed by atoms with E-state index in [1.165, 1.54) is 22.2 Å². The molecule has 0 aliphatic rings. The van der Waals surface area contributed by atoms with Gasteiger partial charge in [0.25, 0.3) is 0 Å². The average Bonchev–Trinajstić information content (AvgIpc) is 3.36. The van der Waals surface area contributed by atoms with Gasteiger partial charge in [0.05, 0.1) is 23.4 Å². The number of hydrogen-bond donors (Lipinski definition) is 0. The van der Waals surface area contributed by atoms with E-state index in [1.54, 1.807) is 0 Å². The summed E-state index contributed by atoms with van der Waals surface area (Å²) in [7, 11) is 6.45. The minimum absolute atomic E-state index is 0.416. The molecule has 4 rings (SSSR count). The highest BCUT2D eigenvalue weighted by Crippen LogP contribution is 2.16. The number of hydrogen-bond acceptors (Lipinski definition) is 4. The molecule has 170 valence electrons. The highest BCUT2D eigenvalue weighted by Gasteiger charge is 2.15. The average molecular weight is 433 g/mol. The molecule has 0 aliphatic heterocycles. The second-order valence-electron chi connectivity index (χ2n) is 9.43. The molecule has 32 heavy (non-hydrogen) atoms. The third-order valence-electron chi connectivity index (χ3n) is 6.88. The minimum Gasteiger partial charge on any atom is -0.306 e. The van der Waals surface area contributed by atoms with Crippen LogP contribution in [0.2, 0.25) is 0 Å². The van der Waals surface area contributed by atoms with Gasteiger partial charge < -0.3 is 18.6 Å². The number of rotatable bonds is 9. The van der Waals surface area contributed by atoms with Crippen molar-refractivity contribution in [2.75, 3.05) is 27.7 Å². The lowest BCUT2D eigenvalue weighted by molar-refractivity contribution is 0.256. The number of pyridine rings is 2. The number of aromatic nitrogens is 4. The molecule has 2 unspecified atom stereocenters. The van der Waals surface area contributed by atoms with Crippen molar-refractivity contribution < 1.29 is 0 Å². The van der Waals surface area contributed by atoms with Crippen molar-refractivity contribution in [2.45, 2.75) is 52.1 Å². The first-order valence-corrected chi connectivity index (χ1v) is 11.6. The highest BCUT2D eigenvalue weighted by molar-refractivity contribution is 5.53. The van der Waals surface area contributed by atoms with Gasteiger partial charge in [-0.25, -0.2) is 9.97 Å². The van der Waals surface area contributed by atoms with Gasteiger partial charge in [0.1, 0.15) is 11.6 Å². The summed E-state index contributed by atoms with van der Waals surface area (Å²) in [4.78, 5) is 14.0. The van der Waals surface area contributed by atoms with Crippen LogP contribution in [0.3, 0.4) is 0 Å². The summed E-state index contributed by atoms with van der Waals surface area (Å²) in [5.74, 6) is 2.25. The van der Waals surface area contributed by atoms with Crippen LogP contribution in [-0.4, -0.2) is 68.3 Å². The molecule has 0 N–H and O–H groups in total. The summed E-state index contributed by atoms with van der Waals surface area (Å²) >= 11 is 0. The van der Waals surface area contributed by atoms with Crippen LogP contribution in [0.1, 0.15) is 36.6 Å². The molecule has 6 heteroatoms. The van der Waals surface area contributed by atoms with Crippen molar-refractivity contribution in [3.63, 3.8) is 0 Å². The Morgan fingerprint density at radius 2 is 1.62 bits per heavy atom. The summed E-state index contributed by atoms with van der Waals surface area (Å²) in [6.07, 6.45) is 11.2. The van der Waals surface area contributed by atoms with E-state index in [0.29, 0.717) is 12.1 Å². The summed E-state index contributed by atoms with van der Waals surface area (Å²) in [6.45, 7) is 7.67. The zero-order chi connectivity index (χ0) is 22.8. The van der Waals surface area contributed by atoms with E-state index in [-0.39, 0.29) is 0 Å². The van der Waals surface area contributed by atoms with Crippen LogP contribution in [0.25, 0.3) is 11.0 Å². The third kappa shape index (κ3) is 4.71. The topological polar surface area (TPSA) is 41.1 Å². The van der Waals surface area contributed by atoms with Crippen LogP contribution in [0.4, 0.5) is 0 Å². The molecule has 0 bridgehead atoms. The minimum atomic E-state index is 0.416. The number of likely N-dealkylation sites (N-methyl/N-ethyl adjacent to an activating group) is 2. The van der Waals surface area contributed by atoms with Gasteiger partial charge in [-0.3, -0.25) is 0 Å². The fourth-order valence-corrected chi connectivity index (χ4v) is 4.17. The van der Waals surface area contributed by atoms with Crippen LogP contribution in [0.5, 0.6) is 0 Å². The van der Waals surface area contributed by atoms with Crippen LogP contribution < -0.4 is 0 Å². The van der Waals surface area contributed by atoms with E-state index in [4.69, 9.17) is 0 Å². The molecule has 0 fully saturated rings. The van der Waals surface area contributed by atoms with Crippen LogP contribution in [-0.2, 0) is 19.3 Å². The predicted molar refractivity (Wildman–Crippen MR) is 131 cm³/mol. The van der Waals surface area contributed by atoms with Crippen molar-refractivity contribution in [3.8, 4) is 0 Å². The van der Waals surface area contributed by atoms with Crippen LogP contribution in [0.15, 0.2) is 49.1 Å². The maximum absolute atomic E-state index is 4.69. The Morgan fingerprint density at radius 3 is 2.41 bits per heavy atom. The molecule has 4 aromatic heterocycles. The second kappa shape index (κ2) is 9.43. The molecule has 2 atom stereocenters. The molecule has 0 saturated carbocycles. The van der Waals surface area contributed by atoms with Crippen molar-refractivity contribution >= 4 is 11.0 Å². The number of fused-ring (bicyclic) bond motifs is 2. The lowest BCUT2D eigenvalue weighted by Gasteiger charge is -2.24. The van der Waals surface area contributed by atoms with E-state index in [2.05, 4.69) is 107 Å². The standard InChI is InChI=1S/C26H36N6/c1-19-8-7-11-32-24(19)18-28-26(32)15-21(3)30(6)12-9-22-10-13-31-23(16-22)17-27-25(31)14-20(2)29(4)5/h7-8,10-11,13,16-18,20-21H,9,12,14-15H2,1-6H3. The van der Waals surface area contributed by atoms with Crippen molar-refractivity contribution in [2.24, 2.45) is 0 Å². The second-order valence-corrected chi connectivity index (χ2v) is 9.43. The van der Waals surface area contributed by atoms with Gasteiger partial charge in [-0.1, -0.05) is 6.07 Å². The van der Waals surface area contributed by atoms with E-state index in [0.717, 1.165) is 37.5 Å². The fraction of sp³-hybridized carbons (Fsp3) is 0.462. The normalized spacial score (nSPS) is 14.1. The zero-order valence-corrected chi connectivity index (χ0v) is 20.3. The predicted octanol–water partition coefficient (Wildman–Crippen LogP) is 3.89. The van der Waals surface area contributed by atoms with E-state index >= 15 is 0 Å². The van der Waals surface area contributed by atoms with E-state index < -0.39 is 0 Å². The maximum Gasteiger partial charge on any atom is 0.114 e. The van der Waals surface area contributed by atoms with Gasteiger partial charge in [0.15, 0.2) is 0 Å². The van der Waals surface area contributed by atoms with Crippen molar-refractivity contribution in [1.29, 1.82) is 0 Å². The van der Waals surface area contributed by atoms with E-state index in [1.807, 2.05) is 12.4 Å². The van der Waals surface area contributed by atoms with Gasteiger partial charge in [-0.2, -0.15) is 0 Å². The number of aryl methyl sites for hydroxylation is 1. The molecule has 6 nitrogen and oxygen atoms in total. The van der Waals surface area contributed by atoms with Gasteiger partial charge >= 0.3 is 0 Å². The zero-order valence-electron chi connectivity index (χ0n) is 20.3. The van der Waals surface area contributed by atoms with Gasteiger partial charge in [0.2, 0.25) is 0 Å². The molecule has 0 spiro atoms. The lowest BCUT2D eigenvalue weighted by atomic mass is 10.1. The van der Waals surface area contributed by atoms with Gasteiger partial charge in [-0.05, 0) is 77.7 Å². The fourth-order valence-electron chi connectivity index (χ4n) is 4.17. The van der Waals surface area contributed by atoms with Gasteiger partial charge in [-0.15, -0.1) is 0 Å². The largest absolute Gasteiger partial charge is 0.306 e.